The molecular weight excluding hydrogens is 424 g/mol. The maximum absolute atomic E-state index is 12.6. The number of benzene rings is 3. The van der Waals surface area contributed by atoms with Crippen LogP contribution in [0.1, 0.15) is 37.9 Å². The average Bonchev–Trinajstić information content (AvgIpc) is 2.76. The van der Waals surface area contributed by atoms with E-state index in [1.807, 2.05) is 60.7 Å². The summed E-state index contributed by atoms with van der Waals surface area (Å²) in [4.78, 5) is 12.8. The van der Waals surface area contributed by atoms with Gasteiger partial charge in [-0.25, -0.2) is 13.1 Å². The molecule has 0 aliphatic rings. The second-order valence-electron chi connectivity index (χ2n) is 8.44. The second kappa shape index (κ2) is 9.97. The lowest BCUT2D eigenvalue weighted by Gasteiger charge is -2.20. The van der Waals surface area contributed by atoms with Gasteiger partial charge in [0.2, 0.25) is 10.0 Å². The molecule has 0 aliphatic carbocycles. The first-order chi connectivity index (χ1) is 15.1. The van der Waals surface area contributed by atoms with Gasteiger partial charge in [0.15, 0.2) is 6.61 Å². The Bertz CT molecular complexity index is 1080. The van der Waals surface area contributed by atoms with Gasteiger partial charge >= 0.3 is 0 Å². The van der Waals surface area contributed by atoms with Crippen LogP contribution in [0.4, 0.5) is 0 Å². The zero-order chi connectivity index (χ0) is 23.2. The Morgan fingerprint density at radius 1 is 0.844 bits per heavy atom. The number of rotatable bonds is 8. The fraction of sp³-hybridized carbons (Fsp3) is 0.240. The molecule has 3 aromatic carbocycles. The van der Waals surface area contributed by atoms with Crippen LogP contribution in [0.5, 0.6) is 5.75 Å². The first kappa shape index (κ1) is 23.5. The van der Waals surface area contributed by atoms with Gasteiger partial charge in [0.25, 0.3) is 5.91 Å². The highest BCUT2D eigenvalue weighted by atomic mass is 32.2. The Hall–Kier alpha value is -3.16. The maximum Gasteiger partial charge on any atom is 0.258 e. The summed E-state index contributed by atoms with van der Waals surface area (Å²) in [5.41, 5.74) is 1.35. The molecule has 0 saturated heterocycles. The van der Waals surface area contributed by atoms with Gasteiger partial charge in [0, 0.05) is 5.54 Å². The van der Waals surface area contributed by atoms with E-state index in [1.54, 1.807) is 20.8 Å². The fourth-order valence-corrected chi connectivity index (χ4v) is 4.60. The normalized spacial score (nSPS) is 11.9. The lowest BCUT2D eigenvalue weighted by molar-refractivity contribution is -0.123. The summed E-state index contributed by atoms with van der Waals surface area (Å²) in [5.74, 6) is 0.125. The van der Waals surface area contributed by atoms with Crippen LogP contribution in [-0.4, -0.2) is 26.5 Å². The molecule has 2 N–H and O–H groups in total. The highest BCUT2D eigenvalue weighted by Gasteiger charge is 2.22. The third kappa shape index (κ3) is 6.67. The number of carbonyl (C=O) groups excluding carboxylic acids is 1. The average molecular weight is 453 g/mol. The molecule has 0 heterocycles. The van der Waals surface area contributed by atoms with Gasteiger partial charge in [0.05, 0.1) is 10.9 Å². The molecule has 0 aliphatic heterocycles. The summed E-state index contributed by atoms with van der Waals surface area (Å²) in [7, 11) is -3.63. The zero-order valence-corrected chi connectivity index (χ0v) is 19.2. The van der Waals surface area contributed by atoms with Crippen LogP contribution in [0.2, 0.25) is 0 Å². The quantitative estimate of drug-likeness (QED) is 0.540. The highest BCUT2D eigenvalue weighted by molar-refractivity contribution is 7.89. The summed E-state index contributed by atoms with van der Waals surface area (Å²) in [6.07, 6.45) is 0. The van der Waals surface area contributed by atoms with E-state index in [0.29, 0.717) is 5.75 Å². The molecule has 7 heteroatoms. The SMILES string of the molecule is CC(C)(C)NS(=O)(=O)c1ccc(OCC(=O)NC(c2ccccc2)c2ccccc2)cc1. The Morgan fingerprint density at radius 3 is 1.81 bits per heavy atom. The summed E-state index contributed by atoms with van der Waals surface area (Å²) in [5, 5.41) is 3.01. The van der Waals surface area contributed by atoms with Crippen molar-refractivity contribution in [2.24, 2.45) is 0 Å². The van der Waals surface area contributed by atoms with Gasteiger partial charge in [-0.05, 0) is 56.2 Å². The molecule has 0 aromatic heterocycles. The molecule has 168 valence electrons. The van der Waals surface area contributed by atoms with Crippen LogP contribution < -0.4 is 14.8 Å². The molecule has 0 bridgehead atoms. The molecule has 0 radical (unpaired) electrons. The van der Waals surface area contributed by atoms with Crippen molar-refractivity contribution in [3.8, 4) is 5.75 Å². The van der Waals surface area contributed by atoms with Crippen molar-refractivity contribution in [3.05, 3.63) is 96.1 Å². The molecule has 0 saturated carbocycles. The van der Waals surface area contributed by atoms with Gasteiger partial charge in [-0.1, -0.05) is 60.7 Å². The van der Waals surface area contributed by atoms with Crippen molar-refractivity contribution in [1.29, 1.82) is 0 Å². The molecule has 0 atom stereocenters. The molecule has 32 heavy (non-hydrogen) atoms. The van der Waals surface area contributed by atoms with E-state index >= 15 is 0 Å². The number of hydrogen-bond acceptors (Lipinski definition) is 4. The van der Waals surface area contributed by atoms with E-state index in [4.69, 9.17) is 4.74 Å². The van der Waals surface area contributed by atoms with Gasteiger partial charge in [-0.2, -0.15) is 0 Å². The van der Waals surface area contributed by atoms with Crippen LogP contribution in [-0.2, 0) is 14.8 Å². The number of ether oxygens (including phenoxy) is 1. The number of nitrogens with one attached hydrogen (secondary N) is 2. The third-order valence-electron chi connectivity index (χ3n) is 4.52. The summed E-state index contributed by atoms with van der Waals surface area (Å²) >= 11 is 0. The van der Waals surface area contributed by atoms with E-state index in [-0.39, 0.29) is 23.5 Å². The largest absolute Gasteiger partial charge is 0.484 e. The van der Waals surface area contributed by atoms with Crippen molar-refractivity contribution in [3.63, 3.8) is 0 Å². The van der Waals surface area contributed by atoms with E-state index in [1.165, 1.54) is 24.3 Å². The Labute approximate surface area is 189 Å². The van der Waals surface area contributed by atoms with Crippen molar-refractivity contribution >= 4 is 15.9 Å². The van der Waals surface area contributed by atoms with Crippen LogP contribution in [0, 0.1) is 0 Å². The predicted octanol–water partition coefficient (Wildman–Crippen LogP) is 4.05. The van der Waals surface area contributed by atoms with Gasteiger partial charge in [0.1, 0.15) is 5.75 Å². The topological polar surface area (TPSA) is 84.5 Å². The monoisotopic (exact) mass is 452 g/mol. The van der Waals surface area contributed by atoms with Crippen LogP contribution in [0.25, 0.3) is 0 Å². The number of carbonyl (C=O) groups is 1. The summed E-state index contributed by atoms with van der Waals surface area (Å²) in [6.45, 7) is 5.14. The maximum atomic E-state index is 12.6. The molecule has 1 amide bonds. The molecule has 0 fully saturated rings. The molecule has 3 rings (SSSR count). The fourth-order valence-electron chi connectivity index (χ4n) is 3.18. The van der Waals surface area contributed by atoms with Crippen LogP contribution in [0.15, 0.2) is 89.8 Å². The Kier molecular flexibility index (Phi) is 7.33. The minimum Gasteiger partial charge on any atom is -0.484 e. The molecule has 0 unspecified atom stereocenters. The number of hydrogen-bond donors (Lipinski definition) is 2. The highest BCUT2D eigenvalue weighted by Crippen LogP contribution is 2.22. The summed E-state index contributed by atoms with van der Waals surface area (Å²) in [6, 6.07) is 25.1. The minimum atomic E-state index is -3.63. The standard InChI is InChI=1S/C25H28N2O4S/c1-25(2,3)27-32(29,30)22-16-14-21(15-17-22)31-18-23(28)26-24(19-10-6-4-7-11-19)20-12-8-5-9-13-20/h4-17,24,27H,18H2,1-3H3,(H,26,28). The number of sulfonamides is 1. The van der Waals surface area contributed by atoms with E-state index in [0.717, 1.165) is 11.1 Å². The smallest absolute Gasteiger partial charge is 0.258 e. The van der Waals surface area contributed by atoms with E-state index in [9.17, 15) is 13.2 Å². The Balaban J connectivity index is 1.65. The van der Waals surface area contributed by atoms with Gasteiger partial charge in [-0.15, -0.1) is 0 Å². The van der Waals surface area contributed by atoms with Gasteiger partial charge in [-0.3, -0.25) is 4.79 Å². The molecule has 0 spiro atoms. The first-order valence-electron chi connectivity index (χ1n) is 10.3. The van der Waals surface area contributed by atoms with Gasteiger partial charge < -0.3 is 10.1 Å². The lowest BCUT2D eigenvalue weighted by Crippen LogP contribution is -2.40. The minimum absolute atomic E-state index is 0.137. The summed E-state index contributed by atoms with van der Waals surface area (Å²) < 4.78 is 33.0. The predicted molar refractivity (Wildman–Crippen MR) is 125 cm³/mol. The zero-order valence-electron chi connectivity index (χ0n) is 18.4. The third-order valence-corrected chi connectivity index (χ3v) is 6.29. The van der Waals surface area contributed by atoms with Crippen molar-refractivity contribution in [1.82, 2.24) is 10.0 Å². The van der Waals surface area contributed by atoms with Crippen molar-refractivity contribution in [2.75, 3.05) is 6.61 Å². The van der Waals surface area contributed by atoms with Crippen molar-refractivity contribution < 1.29 is 17.9 Å². The van der Waals surface area contributed by atoms with Crippen LogP contribution >= 0.6 is 0 Å². The van der Waals surface area contributed by atoms with E-state index in [2.05, 4.69) is 10.0 Å². The van der Waals surface area contributed by atoms with Crippen LogP contribution in [0.3, 0.4) is 0 Å². The molecule has 3 aromatic rings. The lowest BCUT2D eigenvalue weighted by atomic mass is 9.99. The molecule has 6 nitrogen and oxygen atoms in total. The second-order valence-corrected chi connectivity index (χ2v) is 10.1. The Morgan fingerprint density at radius 2 is 1.34 bits per heavy atom. The first-order valence-corrected chi connectivity index (χ1v) is 11.8. The number of amides is 1. The van der Waals surface area contributed by atoms with E-state index < -0.39 is 15.6 Å². The van der Waals surface area contributed by atoms with Crippen molar-refractivity contribution in [2.45, 2.75) is 37.2 Å². The molecular formula is C25H28N2O4S.